The highest BCUT2D eigenvalue weighted by Crippen LogP contribution is 2.01. The molecule has 0 spiro atoms. The van der Waals surface area contributed by atoms with Crippen molar-refractivity contribution in [1.29, 1.82) is 0 Å². The van der Waals surface area contributed by atoms with Gasteiger partial charge in [0, 0.05) is 12.0 Å². The molecule has 0 bridgehead atoms. The van der Waals surface area contributed by atoms with Gasteiger partial charge in [0.15, 0.2) is 5.78 Å². The molecule has 0 aliphatic rings. The SMILES string of the molecule is CSCC[C@@H]([NH2+]CCC(=O)c1ccccc1)C(=O)[O-]. The summed E-state index contributed by atoms with van der Waals surface area (Å²) in [6, 6.07) is 8.48. The smallest absolute Gasteiger partial charge is 0.168 e. The van der Waals surface area contributed by atoms with E-state index in [1.54, 1.807) is 29.2 Å². The van der Waals surface area contributed by atoms with Crippen molar-refractivity contribution in [1.82, 2.24) is 0 Å². The number of carboxylic acids is 1. The summed E-state index contributed by atoms with van der Waals surface area (Å²) in [5.74, 6) is -0.234. The molecular weight excluding hydrogens is 262 g/mol. The van der Waals surface area contributed by atoms with Crippen LogP contribution >= 0.6 is 11.8 Å². The number of hydrogen-bond acceptors (Lipinski definition) is 4. The van der Waals surface area contributed by atoms with Gasteiger partial charge in [-0.1, -0.05) is 30.3 Å². The number of thioether (sulfide) groups is 1. The minimum Gasteiger partial charge on any atom is -0.544 e. The molecule has 0 aromatic heterocycles. The number of carboxylic acid groups (broad SMARTS) is 1. The number of rotatable bonds is 9. The first-order chi connectivity index (χ1) is 9.15. The van der Waals surface area contributed by atoms with Crippen LogP contribution in [0.2, 0.25) is 0 Å². The molecule has 0 aliphatic heterocycles. The molecule has 104 valence electrons. The van der Waals surface area contributed by atoms with Crippen molar-refractivity contribution < 1.29 is 20.0 Å². The molecule has 5 heteroatoms. The summed E-state index contributed by atoms with van der Waals surface area (Å²) >= 11 is 1.61. The van der Waals surface area contributed by atoms with Gasteiger partial charge >= 0.3 is 0 Å². The highest BCUT2D eigenvalue weighted by molar-refractivity contribution is 7.98. The summed E-state index contributed by atoms with van der Waals surface area (Å²) in [5.41, 5.74) is 0.671. The van der Waals surface area contributed by atoms with E-state index < -0.39 is 12.0 Å². The van der Waals surface area contributed by atoms with E-state index in [1.807, 2.05) is 24.5 Å². The molecule has 1 aromatic carbocycles. The van der Waals surface area contributed by atoms with Gasteiger partial charge in [0.1, 0.15) is 6.04 Å². The fraction of sp³-hybridized carbons (Fsp3) is 0.429. The second kappa shape index (κ2) is 8.72. The molecule has 0 radical (unpaired) electrons. The van der Waals surface area contributed by atoms with Crippen LogP contribution in [0.25, 0.3) is 0 Å². The third kappa shape index (κ3) is 5.89. The number of carbonyl (C=O) groups is 2. The van der Waals surface area contributed by atoms with Crippen molar-refractivity contribution in [3.8, 4) is 0 Å². The maximum Gasteiger partial charge on any atom is 0.168 e. The monoisotopic (exact) mass is 281 g/mol. The van der Waals surface area contributed by atoms with Crippen molar-refractivity contribution in [2.75, 3.05) is 18.6 Å². The summed E-state index contributed by atoms with van der Waals surface area (Å²) in [5, 5.41) is 12.6. The zero-order chi connectivity index (χ0) is 14.1. The predicted molar refractivity (Wildman–Crippen MR) is 74.0 cm³/mol. The van der Waals surface area contributed by atoms with E-state index in [-0.39, 0.29) is 5.78 Å². The topological polar surface area (TPSA) is 73.8 Å². The molecule has 4 nitrogen and oxygen atoms in total. The zero-order valence-electron chi connectivity index (χ0n) is 11.0. The summed E-state index contributed by atoms with van der Waals surface area (Å²) < 4.78 is 0. The zero-order valence-corrected chi connectivity index (χ0v) is 11.8. The molecule has 0 unspecified atom stereocenters. The maximum atomic E-state index is 11.8. The molecule has 0 aliphatic carbocycles. The number of Topliss-reactive ketones (excluding diaryl/α,β-unsaturated/α-hetero) is 1. The van der Waals surface area contributed by atoms with Crippen LogP contribution in [-0.2, 0) is 4.79 Å². The molecule has 0 fully saturated rings. The minimum absolute atomic E-state index is 0.0406. The lowest BCUT2D eigenvalue weighted by molar-refractivity contribution is -0.682. The highest BCUT2D eigenvalue weighted by Gasteiger charge is 2.14. The second-order valence-electron chi connectivity index (χ2n) is 4.27. The van der Waals surface area contributed by atoms with E-state index >= 15 is 0 Å². The molecule has 2 N–H and O–H groups in total. The van der Waals surface area contributed by atoms with Crippen molar-refractivity contribution in [2.45, 2.75) is 18.9 Å². The molecule has 19 heavy (non-hydrogen) atoms. The third-order valence-electron chi connectivity index (χ3n) is 2.85. The van der Waals surface area contributed by atoms with E-state index in [2.05, 4.69) is 0 Å². The number of nitrogens with two attached hydrogens (primary N) is 1. The third-order valence-corrected chi connectivity index (χ3v) is 3.50. The van der Waals surface area contributed by atoms with Gasteiger partial charge < -0.3 is 15.2 Å². The molecule has 0 saturated carbocycles. The maximum absolute atomic E-state index is 11.8. The summed E-state index contributed by atoms with van der Waals surface area (Å²) in [4.78, 5) is 22.7. The molecule has 1 aromatic rings. The number of aliphatic carboxylic acids is 1. The van der Waals surface area contributed by atoms with Gasteiger partial charge in [-0.05, 0) is 12.0 Å². The Labute approximate surface area is 117 Å². The second-order valence-corrected chi connectivity index (χ2v) is 5.26. The Kier molecular flexibility index (Phi) is 7.22. The minimum atomic E-state index is -1.05. The lowest BCUT2D eigenvalue weighted by Gasteiger charge is -2.15. The quantitative estimate of drug-likeness (QED) is 0.630. The van der Waals surface area contributed by atoms with Gasteiger partial charge in [0.25, 0.3) is 0 Å². The molecule has 1 rings (SSSR count). The molecular formula is C14H19NO3S. The highest BCUT2D eigenvalue weighted by atomic mass is 32.2. The van der Waals surface area contributed by atoms with Crippen LogP contribution in [-0.4, -0.2) is 36.3 Å². The van der Waals surface area contributed by atoms with Gasteiger partial charge in [0.05, 0.1) is 18.9 Å². The number of hydrogen-bond donors (Lipinski definition) is 1. The van der Waals surface area contributed by atoms with Crippen LogP contribution in [0.5, 0.6) is 0 Å². The van der Waals surface area contributed by atoms with Crippen LogP contribution in [0.15, 0.2) is 30.3 Å². The first kappa shape index (κ1) is 15.7. The number of quaternary nitrogens is 1. The van der Waals surface area contributed by atoms with Crippen molar-refractivity contribution in [2.24, 2.45) is 0 Å². The fourth-order valence-corrected chi connectivity index (χ4v) is 2.25. The molecule has 1 atom stereocenters. The summed E-state index contributed by atoms with van der Waals surface area (Å²) in [6.45, 7) is 0.473. The van der Waals surface area contributed by atoms with E-state index in [4.69, 9.17) is 0 Å². The number of carbonyl (C=O) groups excluding carboxylic acids is 2. The summed E-state index contributed by atoms with van der Waals surface area (Å²) in [7, 11) is 0. The Balaban J connectivity index is 2.35. The number of ketones is 1. The van der Waals surface area contributed by atoms with E-state index in [0.717, 1.165) is 5.75 Å². The van der Waals surface area contributed by atoms with Crippen LogP contribution in [0, 0.1) is 0 Å². The fourth-order valence-electron chi connectivity index (χ4n) is 1.76. The van der Waals surface area contributed by atoms with Crippen molar-refractivity contribution in [3.63, 3.8) is 0 Å². The Morgan fingerprint density at radius 1 is 1.32 bits per heavy atom. The lowest BCUT2D eigenvalue weighted by Crippen LogP contribution is -2.93. The van der Waals surface area contributed by atoms with Crippen molar-refractivity contribution >= 4 is 23.5 Å². The van der Waals surface area contributed by atoms with Gasteiger partial charge in [-0.25, -0.2) is 0 Å². The number of benzene rings is 1. The predicted octanol–water partition coefficient (Wildman–Crippen LogP) is -0.306. The molecule has 0 amide bonds. The Morgan fingerprint density at radius 2 is 2.00 bits per heavy atom. The molecule has 0 heterocycles. The van der Waals surface area contributed by atoms with Gasteiger partial charge in [-0.2, -0.15) is 11.8 Å². The first-order valence-corrected chi connectivity index (χ1v) is 7.66. The Bertz CT molecular complexity index is 408. The van der Waals surface area contributed by atoms with Crippen molar-refractivity contribution in [3.05, 3.63) is 35.9 Å². The first-order valence-electron chi connectivity index (χ1n) is 6.26. The van der Waals surface area contributed by atoms with Crippen LogP contribution in [0.1, 0.15) is 23.2 Å². The van der Waals surface area contributed by atoms with E-state index in [9.17, 15) is 14.7 Å². The van der Waals surface area contributed by atoms with Crippen LogP contribution < -0.4 is 10.4 Å². The van der Waals surface area contributed by atoms with Gasteiger partial charge in [-0.3, -0.25) is 4.79 Å². The summed E-state index contributed by atoms with van der Waals surface area (Å²) in [6.07, 6.45) is 2.83. The van der Waals surface area contributed by atoms with E-state index in [0.29, 0.717) is 24.9 Å². The van der Waals surface area contributed by atoms with Crippen LogP contribution in [0.4, 0.5) is 0 Å². The lowest BCUT2D eigenvalue weighted by atomic mass is 10.1. The van der Waals surface area contributed by atoms with E-state index in [1.165, 1.54) is 0 Å². The average molecular weight is 281 g/mol. The average Bonchev–Trinajstić information content (AvgIpc) is 2.43. The standard InChI is InChI=1S/C14H19NO3S/c1-19-10-8-12(14(17)18)15-9-7-13(16)11-5-3-2-4-6-11/h2-6,12,15H,7-10H2,1H3,(H,17,18)/t12-/m1/s1. The van der Waals surface area contributed by atoms with Gasteiger partial charge in [-0.15, -0.1) is 0 Å². The molecule has 0 saturated heterocycles. The van der Waals surface area contributed by atoms with Gasteiger partial charge in [0.2, 0.25) is 0 Å². The van der Waals surface area contributed by atoms with Crippen LogP contribution in [0.3, 0.4) is 0 Å². The largest absolute Gasteiger partial charge is 0.544 e. The normalized spacial score (nSPS) is 12.1. The Morgan fingerprint density at radius 3 is 2.58 bits per heavy atom. The Hall–Kier alpha value is -1.33.